The van der Waals surface area contributed by atoms with Crippen molar-refractivity contribution in [3.63, 3.8) is 0 Å². The van der Waals surface area contributed by atoms with E-state index in [0.29, 0.717) is 6.61 Å². The number of rotatable bonds is 9. The number of hydrogen-bond acceptors (Lipinski definition) is 1. The molecule has 0 saturated carbocycles. The molecule has 0 aromatic heterocycles. The summed E-state index contributed by atoms with van der Waals surface area (Å²) in [5.74, 6) is 0. The van der Waals surface area contributed by atoms with E-state index < -0.39 is 17.0 Å². The second-order valence-electron chi connectivity index (χ2n) is 7.94. The van der Waals surface area contributed by atoms with Gasteiger partial charge >= 0.3 is 185 Å². The first-order chi connectivity index (χ1) is 14.8. The van der Waals surface area contributed by atoms with Crippen LogP contribution in [-0.4, -0.2) is 0 Å². The van der Waals surface area contributed by atoms with Gasteiger partial charge in [-0.15, -0.1) is 0 Å². The Morgan fingerprint density at radius 3 is 1.03 bits per heavy atom. The average molecular weight is 428 g/mol. The maximum atomic E-state index is 7.02. The summed E-state index contributed by atoms with van der Waals surface area (Å²) in [7, 11) is 0. The van der Waals surface area contributed by atoms with Crippen molar-refractivity contribution >= 4 is 0 Å². The summed E-state index contributed by atoms with van der Waals surface area (Å²) in [5.41, 5.74) is 5.41. The van der Waals surface area contributed by atoms with Gasteiger partial charge in [-0.3, -0.25) is 0 Å². The molecule has 0 fully saturated rings. The van der Waals surface area contributed by atoms with E-state index in [1.807, 2.05) is 0 Å². The van der Waals surface area contributed by atoms with Crippen LogP contribution in [0.1, 0.15) is 22.3 Å². The summed E-state index contributed by atoms with van der Waals surface area (Å²) in [6.07, 6.45) is 0. The van der Waals surface area contributed by atoms with Gasteiger partial charge in [0.15, 0.2) is 0 Å². The van der Waals surface area contributed by atoms with Crippen LogP contribution in [0.4, 0.5) is 0 Å². The van der Waals surface area contributed by atoms with Crippen molar-refractivity contribution in [2.45, 2.75) is 20.8 Å². The van der Waals surface area contributed by atoms with Gasteiger partial charge in [0.1, 0.15) is 0 Å². The van der Waals surface area contributed by atoms with Gasteiger partial charge in [0.2, 0.25) is 0 Å². The molecule has 150 valence electrons. The van der Waals surface area contributed by atoms with Crippen molar-refractivity contribution in [2.24, 2.45) is 0 Å². The van der Waals surface area contributed by atoms with Crippen molar-refractivity contribution in [1.29, 1.82) is 0 Å². The Balaban J connectivity index is 1.69. The Labute approximate surface area is 184 Å². The molecule has 4 aromatic carbocycles. The van der Waals surface area contributed by atoms with Crippen molar-refractivity contribution in [2.75, 3.05) is 0 Å². The van der Waals surface area contributed by atoms with E-state index in [1.54, 1.807) is 0 Å². The molecule has 0 aliphatic rings. The van der Waals surface area contributed by atoms with Gasteiger partial charge in [0.25, 0.3) is 0 Å². The molecule has 0 aliphatic heterocycles. The second kappa shape index (κ2) is 10.5. The van der Waals surface area contributed by atoms with Gasteiger partial charge in [-0.25, -0.2) is 0 Å². The molecular weight excluding hydrogens is 400 g/mol. The summed E-state index contributed by atoms with van der Waals surface area (Å²) in [6, 6.07) is 43.2. The van der Waals surface area contributed by atoms with Gasteiger partial charge in [-0.2, -0.15) is 0 Å². The van der Waals surface area contributed by atoms with Crippen molar-refractivity contribution in [3.05, 3.63) is 144 Å². The van der Waals surface area contributed by atoms with E-state index in [-0.39, 0.29) is 0 Å². The fraction of sp³-hybridized carbons (Fsp3) is 0.143. The standard InChI is InChI=1S/C7H7O.3C7H7.Ti/c8-6-7-4-2-1-3-5-7;3*1-7-5-3-2-4-6-7;/h1-5H,6H2;3*2-6H,1H2;/q-1;;;;+1. The molecule has 4 aromatic rings. The Morgan fingerprint density at radius 2 is 0.700 bits per heavy atom. The molecule has 2 heteroatoms. The Morgan fingerprint density at radius 1 is 0.400 bits per heavy atom. The van der Waals surface area contributed by atoms with Crippen molar-refractivity contribution in [1.82, 2.24) is 0 Å². The molecule has 0 unspecified atom stereocenters. The van der Waals surface area contributed by atoms with Gasteiger partial charge in [0, 0.05) is 0 Å². The van der Waals surface area contributed by atoms with E-state index >= 15 is 0 Å². The monoisotopic (exact) mass is 428 g/mol. The predicted molar refractivity (Wildman–Crippen MR) is 122 cm³/mol. The van der Waals surface area contributed by atoms with Crippen LogP contribution >= 0.6 is 0 Å². The first-order valence-electron chi connectivity index (χ1n) is 10.6. The Hall–Kier alpha value is -2.45. The molecule has 0 spiro atoms. The summed E-state index contributed by atoms with van der Waals surface area (Å²) in [6.45, 7) is 0.688. The summed E-state index contributed by atoms with van der Waals surface area (Å²) in [5, 5.41) is 0. The minimum atomic E-state index is -2.85. The zero-order chi connectivity index (χ0) is 20.5. The first-order valence-corrected chi connectivity index (χ1v) is 14.6. The van der Waals surface area contributed by atoms with Crippen molar-refractivity contribution < 1.29 is 20.3 Å². The van der Waals surface area contributed by atoms with E-state index in [1.165, 1.54) is 22.3 Å². The zero-order valence-corrected chi connectivity index (χ0v) is 18.8. The van der Waals surface area contributed by atoms with Gasteiger partial charge < -0.3 is 0 Å². The van der Waals surface area contributed by atoms with Crippen LogP contribution in [-0.2, 0) is 41.1 Å². The summed E-state index contributed by atoms with van der Waals surface area (Å²) >= 11 is -2.85. The molecule has 0 amide bonds. The Kier molecular flexibility index (Phi) is 7.31. The maximum absolute atomic E-state index is 7.02. The number of benzene rings is 4. The predicted octanol–water partition coefficient (Wildman–Crippen LogP) is 6.87. The van der Waals surface area contributed by atoms with Gasteiger partial charge in [0.05, 0.1) is 0 Å². The minimum absolute atomic E-state index is 0.688. The summed E-state index contributed by atoms with van der Waals surface area (Å²) < 4.78 is 10.2. The molecule has 0 bridgehead atoms. The molecule has 0 atom stereocenters. The normalized spacial score (nSPS) is 11.3. The van der Waals surface area contributed by atoms with E-state index in [4.69, 9.17) is 3.32 Å². The molecule has 1 nitrogen and oxygen atoms in total. The quantitative estimate of drug-likeness (QED) is 0.264. The van der Waals surface area contributed by atoms with Crippen molar-refractivity contribution in [3.8, 4) is 0 Å². The third-order valence-corrected chi connectivity index (χ3v) is 11.6. The van der Waals surface area contributed by atoms with E-state index in [0.717, 1.165) is 14.2 Å². The van der Waals surface area contributed by atoms with Crippen LogP contribution in [0.15, 0.2) is 121 Å². The SMILES string of the molecule is c1ccc(C[O][Ti]([CH2]c2ccccc2)([CH2]c2ccccc2)[CH2]c2ccccc2)cc1. The summed E-state index contributed by atoms with van der Waals surface area (Å²) in [4.78, 5) is 0. The Bertz CT molecular complexity index is 900. The van der Waals surface area contributed by atoms with Gasteiger partial charge in [-0.05, 0) is 0 Å². The zero-order valence-electron chi connectivity index (χ0n) is 17.3. The topological polar surface area (TPSA) is 9.23 Å². The molecule has 0 N–H and O–H groups in total. The molecule has 30 heavy (non-hydrogen) atoms. The van der Waals surface area contributed by atoms with Crippen LogP contribution in [0.5, 0.6) is 0 Å². The van der Waals surface area contributed by atoms with Crippen LogP contribution in [0, 0.1) is 0 Å². The van der Waals surface area contributed by atoms with E-state index in [2.05, 4.69) is 121 Å². The third kappa shape index (κ3) is 6.03. The third-order valence-electron chi connectivity index (χ3n) is 5.50. The molecule has 4 rings (SSSR count). The molecule has 0 heterocycles. The average Bonchev–Trinajstić information content (AvgIpc) is 2.80. The number of hydrogen-bond donors (Lipinski definition) is 0. The second-order valence-corrected chi connectivity index (χ2v) is 13.7. The van der Waals surface area contributed by atoms with Crippen LogP contribution < -0.4 is 0 Å². The first kappa shape index (κ1) is 20.8. The molecule has 0 aliphatic carbocycles. The molecular formula is C28H28OTi. The molecule has 0 radical (unpaired) electrons. The van der Waals surface area contributed by atoms with Crippen LogP contribution in [0.3, 0.4) is 0 Å². The van der Waals surface area contributed by atoms with Crippen LogP contribution in [0.25, 0.3) is 0 Å². The van der Waals surface area contributed by atoms with Gasteiger partial charge in [-0.1, -0.05) is 0 Å². The fourth-order valence-electron chi connectivity index (χ4n) is 4.05. The van der Waals surface area contributed by atoms with E-state index in [9.17, 15) is 0 Å². The fourth-order valence-corrected chi connectivity index (χ4v) is 10.4. The molecule has 0 saturated heterocycles. The van der Waals surface area contributed by atoms with Crippen LogP contribution in [0.2, 0.25) is 0 Å².